The van der Waals surface area contributed by atoms with Gasteiger partial charge in [-0.2, -0.15) is 0 Å². The second-order valence-corrected chi connectivity index (χ2v) is 6.81. The van der Waals surface area contributed by atoms with Gasteiger partial charge in [0, 0.05) is 12.5 Å². The molecule has 1 saturated heterocycles. The van der Waals surface area contributed by atoms with E-state index in [-0.39, 0.29) is 11.7 Å². The molecule has 0 aromatic heterocycles. The van der Waals surface area contributed by atoms with Crippen molar-refractivity contribution in [2.75, 3.05) is 20.3 Å². The van der Waals surface area contributed by atoms with Crippen molar-refractivity contribution in [3.63, 3.8) is 0 Å². The highest BCUT2D eigenvalue weighted by atomic mass is 32.2. The molecule has 2 atom stereocenters. The lowest BCUT2D eigenvalue weighted by atomic mass is 9.93. The average molecular weight is 287 g/mol. The average Bonchev–Trinajstić information content (AvgIpc) is 2.42. The molecule has 0 spiro atoms. The van der Waals surface area contributed by atoms with Gasteiger partial charge in [-0.1, -0.05) is 18.2 Å². The molecular formula is C13H18FNO3S. The summed E-state index contributed by atoms with van der Waals surface area (Å²) in [5, 5.41) is -0.522. The molecule has 2 rings (SSSR count). The minimum Gasteiger partial charge on any atom is -0.381 e. The highest BCUT2D eigenvalue weighted by Crippen LogP contribution is 2.25. The number of ether oxygens (including phenoxy) is 1. The lowest BCUT2D eigenvalue weighted by Gasteiger charge is -2.31. The molecule has 1 N–H and O–H groups in total. The smallest absolute Gasteiger partial charge is 0.214 e. The fourth-order valence-electron chi connectivity index (χ4n) is 2.47. The van der Waals surface area contributed by atoms with E-state index in [0.717, 1.165) is 0 Å². The van der Waals surface area contributed by atoms with Crippen molar-refractivity contribution in [2.45, 2.75) is 18.1 Å². The number of nitrogens with one attached hydrogen (secondary N) is 1. The molecule has 19 heavy (non-hydrogen) atoms. The zero-order chi connectivity index (χ0) is 13.9. The fraction of sp³-hybridized carbons (Fsp3) is 0.538. The molecule has 6 heteroatoms. The van der Waals surface area contributed by atoms with Crippen LogP contribution in [0.5, 0.6) is 0 Å². The molecule has 1 aliphatic rings. The molecule has 0 amide bonds. The van der Waals surface area contributed by atoms with Crippen molar-refractivity contribution >= 4 is 10.0 Å². The second kappa shape index (κ2) is 5.98. The van der Waals surface area contributed by atoms with Gasteiger partial charge < -0.3 is 4.74 Å². The quantitative estimate of drug-likeness (QED) is 0.909. The third-order valence-electron chi connectivity index (χ3n) is 3.53. The summed E-state index contributed by atoms with van der Waals surface area (Å²) in [5.41, 5.74) is 0.536. The van der Waals surface area contributed by atoms with E-state index in [1.54, 1.807) is 18.2 Å². The summed E-state index contributed by atoms with van der Waals surface area (Å²) in [6, 6.07) is 6.45. The normalized spacial score (nSPS) is 24.3. The summed E-state index contributed by atoms with van der Waals surface area (Å²) >= 11 is 0. The van der Waals surface area contributed by atoms with Gasteiger partial charge in [0.1, 0.15) is 5.82 Å². The first-order chi connectivity index (χ1) is 9.04. The molecule has 0 radical (unpaired) electrons. The molecule has 106 valence electrons. The Morgan fingerprint density at radius 3 is 2.84 bits per heavy atom. The van der Waals surface area contributed by atoms with E-state index in [9.17, 15) is 12.8 Å². The van der Waals surface area contributed by atoms with Crippen molar-refractivity contribution in [3.8, 4) is 0 Å². The monoisotopic (exact) mass is 287 g/mol. The predicted molar refractivity (Wildman–Crippen MR) is 70.8 cm³/mol. The van der Waals surface area contributed by atoms with Crippen LogP contribution in [-0.4, -0.2) is 33.9 Å². The van der Waals surface area contributed by atoms with Crippen molar-refractivity contribution < 1.29 is 17.5 Å². The molecule has 1 heterocycles. The number of hydrogen-bond donors (Lipinski definition) is 1. The molecule has 1 aromatic rings. The predicted octanol–water partition coefficient (Wildman–Crippen LogP) is 1.32. The van der Waals surface area contributed by atoms with Gasteiger partial charge in [0.25, 0.3) is 0 Å². The summed E-state index contributed by atoms with van der Waals surface area (Å²) in [6.07, 6.45) is 0.820. The van der Waals surface area contributed by atoms with E-state index in [0.29, 0.717) is 31.6 Å². The van der Waals surface area contributed by atoms with E-state index in [2.05, 4.69) is 4.72 Å². The van der Waals surface area contributed by atoms with Gasteiger partial charge in [-0.05, 0) is 31.5 Å². The number of rotatable bonds is 4. The molecule has 0 saturated carbocycles. The van der Waals surface area contributed by atoms with Gasteiger partial charge in [-0.3, -0.25) is 0 Å². The van der Waals surface area contributed by atoms with Crippen molar-refractivity contribution in [3.05, 3.63) is 35.6 Å². The maximum Gasteiger partial charge on any atom is 0.214 e. The van der Waals surface area contributed by atoms with Gasteiger partial charge in [-0.25, -0.2) is 17.5 Å². The van der Waals surface area contributed by atoms with Gasteiger partial charge >= 0.3 is 0 Å². The van der Waals surface area contributed by atoms with Crippen molar-refractivity contribution in [1.82, 2.24) is 4.72 Å². The van der Waals surface area contributed by atoms with Crippen LogP contribution < -0.4 is 4.72 Å². The zero-order valence-electron chi connectivity index (χ0n) is 10.8. The van der Waals surface area contributed by atoms with Gasteiger partial charge in [0.15, 0.2) is 0 Å². The first-order valence-corrected chi connectivity index (χ1v) is 7.82. The summed E-state index contributed by atoms with van der Waals surface area (Å²) in [4.78, 5) is 0. The molecule has 0 unspecified atom stereocenters. The highest BCUT2D eigenvalue weighted by molar-refractivity contribution is 7.90. The number of halogens is 1. The summed E-state index contributed by atoms with van der Waals surface area (Å²) < 4.78 is 45.3. The summed E-state index contributed by atoms with van der Waals surface area (Å²) in [7, 11) is -1.95. The Bertz CT molecular complexity index is 532. The Balaban J connectivity index is 2.19. The van der Waals surface area contributed by atoms with Gasteiger partial charge in [0.05, 0.1) is 11.9 Å². The first kappa shape index (κ1) is 14.4. The Morgan fingerprint density at radius 2 is 2.16 bits per heavy atom. The van der Waals surface area contributed by atoms with Gasteiger partial charge in [-0.15, -0.1) is 0 Å². The number of benzene rings is 1. The fourth-order valence-corrected chi connectivity index (χ4v) is 3.86. The van der Waals surface area contributed by atoms with Crippen LogP contribution >= 0.6 is 0 Å². The standard InChI is InChI=1S/C13H18FNO3S/c1-15-19(16,17)13-6-7-18-9-11(13)8-10-4-2-3-5-12(10)14/h2-5,11,13,15H,6-9H2,1H3/t11-,13+/m0/s1. The topological polar surface area (TPSA) is 55.4 Å². The lowest BCUT2D eigenvalue weighted by molar-refractivity contribution is 0.0568. The molecular weight excluding hydrogens is 269 g/mol. The van der Waals surface area contributed by atoms with Crippen LogP contribution in [-0.2, 0) is 21.2 Å². The molecule has 4 nitrogen and oxygen atoms in total. The Labute approximate surface area is 113 Å². The van der Waals surface area contributed by atoms with Crippen molar-refractivity contribution in [2.24, 2.45) is 5.92 Å². The first-order valence-electron chi connectivity index (χ1n) is 6.28. The Hall–Kier alpha value is -0.980. The van der Waals surface area contributed by atoms with Crippen LogP contribution in [0.2, 0.25) is 0 Å². The van der Waals surface area contributed by atoms with Crippen LogP contribution in [0.15, 0.2) is 24.3 Å². The van der Waals surface area contributed by atoms with Crippen molar-refractivity contribution in [1.29, 1.82) is 0 Å². The SMILES string of the molecule is CNS(=O)(=O)[C@@H]1CCOC[C@@H]1Cc1ccccc1F. The van der Waals surface area contributed by atoms with Gasteiger partial charge in [0.2, 0.25) is 10.0 Å². The third kappa shape index (κ3) is 3.32. The summed E-state index contributed by atoms with van der Waals surface area (Å²) in [6.45, 7) is 0.777. The number of hydrogen-bond acceptors (Lipinski definition) is 3. The molecule has 1 aliphatic heterocycles. The van der Waals surface area contributed by atoms with E-state index in [1.165, 1.54) is 13.1 Å². The van der Waals surface area contributed by atoms with E-state index < -0.39 is 15.3 Å². The maximum absolute atomic E-state index is 13.6. The van der Waals surface area contributed by atoms with Crippen LogP contribution in [0.1, 0.15) is 12.0 Å². The third-order valence-corrected chi connectivity index (χ3v) is 5.51. The van der Waals surface area contributed by atoms with Crippen LogP contribution in [0.4, 0.5) is 4.39 Å². The molecule has 1 fully saturated rings. The number of sulfonamides is 1. The molecule has 1 aromatic carbocycles. The van der Waals surface area contributed by atoms with E-state index >= 15 is 0 Å². The maximum atomic E-state index is 13.6. The highest BCUT2D eigenvalue weighted by Gasteiger charge is 2.35. The van der Waals surface area contributed by atoms with E-state index in [1.807, 2.05) is 0 Å². The van der Waals surface area contributed by atoms with E-state index in [4.69, 9.17) is 4.74 Å². The minimum atomic E-state index is -3.36. The largest absolute Gasteiger partial charge is 0.381 e. The Kier molecular flexibility index (Phi) is 4.54. The second-order valence-electron chi connectivity index (χ2n) is 4.71. The zero-order valence-corrected chi connectivity index (χ0v) is 11.6. The van der Waals surface area contributed by atoms with Crippen LogP contribution in [0.25, 0.3) is 0 Å². The van der Waals surface area contributed by atoms with Crippen LogP contribution in [0.3, 0.4) is 0 Å². The molecule has 0 aliphatic carbocycles. The lowest BCUT2D eigenvalue weighted by Crippen LogP contribution is -2.43. The summed E-state index contributed by atoms with van der Waals surface area (Å²) in [5.74, 6) is -0.517. The Morgan fingerprint density at radius 1 is 1.42 bits per heavy atom. The molecule has 0 bridgehead atoms. The minimum absolute atomic E-state index is 0.219. The van der Waals surface area contributed by atoms with Crippen LogP contribution in [0, 0.1) is 11.7 Å².